The van der Waals surface area contributed by atoms with Crippen LogP contribution in [0.1, 0.15) is 23.0 Å². The molecule has 2 rings (SSSR count). The van der Waals surface area contributed by atoms with Gasteiger partial charge >= 0.3 is 5.97 Å². The number of benzene rings is 1. The van der Waals surface area contributed by atoms with Crippen LogP contribution in [0.5, 0.6) is 0 Å². The van der Waals surface area contributed by atoms with Crippen LogP contribution >= 0.6 is 0 Å². The van der Waals surface area contributed by atoms with Crippen LogP contribution in [0, 0.1) is 10.1 Å². The molecule has 110 valence electrons. The molecule has 0 saturated heterocycles. The van der Waals surface area contributed by atoms with Crippen molar-refractivity contribution < 1.29 is 14.5 Å². The molecule has 0 saturated carbocycles. The van der Waals surface area contributed by atoms with E-state index in [-0.39, 0.29) is 30.4 Å². The van der Waals surface area contributed by atoms with Gasteiger partial charge in [0.25, 0.3) is 5.69 Å². The highest BCUT2D eigenvalue weighted by Gasteiger charge is 2.19. The molecule has 2 N–H and O–H groups in total. The minimum absolute atomic E-state index is 0.00966. The van der Waals surface area contributed by atoms with Gasteiger partial charge in [0.2, 0.25) is 0 Å². The van der Waals surface area contributed by atoms with E-state index in [4.69, 9.17) is 10.5 Å². The third kappa shape index (κ3) is 2.99. The van der Waals surface area contributed by atoms with Gasteiger partial charge in [0.05, 0.1) is 24.4 Å². The predicted octanol–water partition coefficient (Wildman–Crippen LogP) is 1.60. The van der Waals surface area contributed by atoms with Crippen LogP contribution in [0.2, 0.25) is 0 Å². The Morgan fingerprint density at radius 3 is 2.86 bits per heavy atom. The molecule has 0 radical (unpaired) electrons. The number of ether oxygens (including phenoxy) is 1. The molecular formula is C13H14N4O4. The molecule has 8 heteroatoms. The van der Waals surface area contributed by atoms with Crippen molar-refractivity contribution in [1.29, 1.82) is 0 Å². The van der Waals surface area contributed by atoms with E-state index in [1.165, 1.54) is 17.0 Å². The lowest BCUT2D eigenvalue weighted by atomic mass is 10.2. The Kier molecular flexibility index (Phi) is 4.17. The molecule has 8 nitrogen and oxygen atoms in total. The third-order valence-electron chi connectivity index (χ3n) is 2.88. The first-order chi connectivity index (χ1) is 10.0. The fourth-order valence-corrected chi connectivity index (χ4v) is 1.88. The van der Waals surface area contributed by atoms with Crippen molar-refractivity contribution in [2.24, 2.45) is 0 Å². The van der Waals surface area contributed by atoms with Gasteiger partial charge < -0.3 is 15.0 Å². The molecule has 1 aromatic carbocycles. The number of hydrogen-bond donors (Lipinski definition) is 1. The molecule has 0 spiro atoms. The fraction of sp³-hybridized carbons (Fsp3) is 0.231. The Hall–Kier alpha value is -2.90. The minimum Gasteiger partial charge on any atom is -0.461 e. The van der Waals surface area contributed by atoms with Crippen molar-refractivity contribution in [2.75, 3.05) is 12.3 Å². The number of nitrogen functional groups attached to an aromatic ring is 1. The summed E-state index contributed by atoms with van der Waals surface area (Å²) in [6.07, 6.45) is 1.36. The summed E-state index contributed by atoms with van der Waals surface area (Å²) < 4.78 is 6.30. The molecule has 1 aromatic heterocycles. The summed E-state index contributed by atoms with van der Waals surface area (Å²) in [5.74, 6) is -0.497. The zero-order valence-electron chi connectivity index (χ0n) is 11.4. The van der Waals surface area contributed by atoms with Gasteiger partial charge in [-0.2, -0.15) is 0 Å². The number of para-hydroxylation sites is 1. The molecule has 0 atom stereocenters. The molecule has 21 heavy (non-hydrogen) atoms. The number of carbonyl (C=O) groups excluding carboxylic acids is 1. The standard InChI is InChI=1S/C13H14N4O4/c1-2-21-13(18)11-12(14)16(8-15-11)7-9-5-3-4-6-10(9)17(19)20/h3-6,8H,2,7,14H2,1H3. The number of hydrogen-bond acceptors (Lipinski definition) is 6. The number of nitro benzene ring substituents is 1. The minimum atomic E-state index is -0.615. The van der Waals surface area contributed by atoms with Gasteiger partial charge in [-0.1, -0.05) is 18.2 Å². The number of carbonyl (C=O) groups is 1. The lowest BCUT2D eigenvalue weighted by Gasteiger charge is -2.06. The molecule has 0 aliphatic heterocycles. The number of nitrogens with zero attached hydrogens (tertiary/aromatic N) is 3. The lowest BCUT2D eigenvalue weighted by molar-refractivity contribution is -0.385. The highest BCUT2D eigenvalue weighted by atomic mass is 16.6. The second-order valence-corrected chi connectivity index (χ2v) is 4.21. The maximum Gasteiger partial charge on any atom is 0.360 e. The van der Waals surface area contributed by atoms with Crippen molar-refractivity contribution in [2.45, 2.75) is 13.5 Å². The van der Waals surface area contributed by atoms with Crippen LogP contribution < -0.4 is 5.73 Å². The van der Waals surface area contributed by atoms with E-state index >= 15 is 0 Å². The van der Waals surface area contributed by atoms with E-state index < -0.39 is 10.9 Å². The zero-order valence-corrected chi connectivity index (χ0v) is 11.4. The van der Waals surface area contributed by atoms with Crippen LogP contribution in [0.25, 0.3) is 0 Å². The Morgan fingerprint density at radius 2 is 2.19 bits per heavy atom. The SMILES string of the molecule is CCOC(=O)c1ncn(Cc2ccccc2[N+](=O)[O-])c1N. The second-order valence-electron chi connectivity index (χ2n) is 4.21. The Bertz CT molecular complexity index is 681. The molecule has 0 fully saturated rings. The number of imidazole rings is 1. The topological polar surface area (TPSA) is 113 Å². The second kappa shape index (κ2) is 6.04. The molecule has 2 aromatic rings. The van der Waals surface area contributed by atoms with Gasteiger partial charge in [-0.05, 0) is 6.92 Å². The summed E-state index contributed by atoms with van der Waals surface area (Å²) in [5.41, 5.74) is 6.31. The molecule has 0 unspecified atom stereocenters. The van der Waals surface area contributed by atoms with E-state index in [9.17, 15) is 14.9 Å². The van der Waals surface area contributed by atoms with Gasteiger partial charge in [0.15, 0.2) is 5.69 Å². The maximum absolute atomic E-state index is 11.6. The van der Waals surface area contributed by atoms with E-state index in [1.54, 1.807) is 25.1 Å². The molecular weight excluding hydrogens is 276 g/mol. The fourth-order valence-electron chi connectivity index (χ4n) is 1.88. The number of nitrogens with two attached hydrogens (primary N) is 1. The molecule has 0 aliphatic rings. The number of aromatic nitrogens is 2. The molecule has 1 heterocycles. The largest absolute Gasteiger partial charge is 0.461 e. The van der Waals surface area contributed by atoms with Crippen LogP contribution in [-0.2, 0) is 11.3 Å². The normalized spacial score (nSPS) is 10.3. The highest BCUT2D eigenvalue weighted by Crippen LogP contribution is 2.21. The predicted molar refractivity (Wildman–Crippen MR) is 74.8 cm³/mol. The number of nitro groups is 1. The van der Waals surface area contributed by atoms with Gasteiger partial charge in [0, 0.05) is 11.6 Å². The summed E-state index contributed by atoms with van der Waals surface area (Å²) in [6, 6.07) is 6.32. The van der Waals surface area contributed by atoms with Crippen LogP contribution in [0.3, 0.4) is 0 Å². The van der Waals surface area contributed by atoms with Crippen molar-refractivity contribution >= 4 is 17.5 Å². The number of anilines is 1. The van der Waals surface area contributed by atoms with Crippen LogP contribution in [-0.4, -0.2) is 27.1 Å². The molecule has 0 aliphatic carbocycles. The summed E-state index contributed by atoms with van der Waals surface area (Å²) in [6.45, 7) is 2.04. The van der Waals surface area contributed by atoms with Crippen LogP contribution in [0.15, 0.2) is 30.6 Å². The average Bonchev–Trinajstić information content (AvgIpc) is 2.81. The third-order valence-corrected chi connectivity index (χ3v) is 2.88. The number of esters is 1. The zero-order chi connectivity index (χ0) is 15.4. The van der Waals surface area contributed by atoms with E-state index in [1.807, 2.05) is 0 Å². The van der Waals surface area contributed by atoms with Crippen molar-refractivity contribution in [1.82, 2.24) is 9.55 Å². The number of rotatable bonds is 5. The summed E-state index contributed by atoms with van der Waals surface area (Å²) >= 11 is 0. The Balaban J connectivity index is 2.29. The maximum atomic E-state index is 11.6. The van der Waals surface area contributed by atoms with E-state index in [2.05, 4.69) is 4.98 Å². The smallest absolute Gasteiger partial charge is 0.360 e. The summed E-state index contributed by atoms with van der Waals surface area (Å²) in [7, 11) is 0. The lowest BCUT2D eigenvalue weighted by Crippen LogP contribution is -2.10. The summed E-state index contributed by atoms with van der Waals surface area (Å²) in [4.78, 5) is 26.0. The van der Waals surface area contributed by atoms with E-state index in [0.29, 0.717) is 5.56 Å². The monoisotopic (exact) mass is 290 g/mol. The van der Waals surface area contributed by atoms with Crippen molar-refractivity contribution in [3.8, 4) is 0 Å². The van der Waals surface area contributed by atoms with Crippen LogP contribution in [0.4, 0.5) is 11.5 Å². The first kappa shape index (κ1) is 14.5. The summed E-state index contributed by atoms with van der Waals surface area (Å²) in [5, 5.41) is 11.0. The Morgan fingerprint density at radius 1 is 1.48 bits per heavy atom. The average molecular weight is 290 g/mol. The van der Waals surface area contributed by atoms with Gasteiger partial charge in [-0.15, -0.1) is 0 Å². The van der Waals surface area contributed by atoms with Gasteiger partial charge in [0.1, 0.15) is 5.82 Å². The first-order valence-electron chi connectivity index (χ1n) is 6.24. The van der Waals surface area contributed by atoms with Gasteiger partial charge in [-0.25, -0.2) is 9.78 Å². The quantitative estimate of drug-likeness (QED) is 0.508. The first-order valence-corrected chi connectivity index (χ1v) is 6.24. The molecule has 0 bridgehead atoms. The van der Waals surface area contributed by atoms with Gasteiger partial charge in [-0.3, -0.25) is 10.1 Å². The molecule has 0 amide bonds. The van der Waals surface area contributed by atoms with Crippen molar-refractivity contribution in [3.63, 3.8) is 0 Å². The van der Waals surface area contributed by atoms with E-state index in [0.717, 1.165) is 0 Å². The van der Waals surface area contributed by atoms with Crippen molar-refractivity contribution in [3.05, 3.63) is 52.0 Å². The Labute approximate surface area is 120 Å². The highest BCUT2D eigenvalue weighted by molar-refractivity contribution is 5.92.